The first kappa shape index (κ1) is 13.6. The number of nitrogens with zero attached hydrogens (tertiary/aromatic N) is 4. The van der Waals surface area contributed by atoms with E-state index >= 15 is 0 Å². The lowest BCUT2D eigenvalue weighted by Gasteiger charge is -2.24. The Morgan fingerprint density at radius 1 is 1.40 bits per heavy atom. The number of hydrogen-bond donors (Lipinski definition) is 1. The molecule has 6 nitrogen and oxygen atoms in total. The lowest BCUT2D eigenvalue weighted by Crippen LogP contribution is -2.26. The molecule has 0 bridgehead atoms. The van der Waals surface area contributed by atoms with Crippen LogP contribution in [0.25, 0.3) is 0 Å². The second-order valence-electron chi connectivity index (χ2n) is 4.59. The average molecular weight is 314 g/mol. The van der Waals surface area contributed by atoms with Gasteiger partial charge in [-0.05, 0) is 6.07 Å². The van der Waals surface area contributed by atoms with Gasteiger partial charge in [0.1, 0.15) is 18.0 Å². The van der Waals surface area contributed by atoms with Crippen LogP contribution < -0.4 is 4.90 Å². The first-order valence-corrected chi connectivity index (χ1v) is 6.90. The van der Waals surface area contributed by atoms with Crippen LogP contribution >= 0.6 is 23.2 Å². The van der Waals surface area contributed by atoms with E-state index in [0.29, 0.717) is 22.4 Å². The Morgan fingerprint density at radius 2 is 2.25 bits per heavy atom. The molecule has 2 aromatic rings. The second kappa shape index (κ2) is 5.55. The van der Waals surface area contributed by atoms with Gasteiger partial charge in [0.2, 0.25) is 0 Å². The highest BCUT2D eigenvalue weighted by Gasteiger charge is 2.36. The molecule has 3 heterocycles. The number of pyridine rings is 1. The summed E-state index contributed by atoms with van der Waals surface area (Å²) >= 11 is 12.1. The first-order valence-electron chi connectivity index (χ1n) is 6.14. The minimum atomic E-state index is 0.00799. The fourth-order valence-electron chi connectivity index (χ4n) is 2.46. The van der Waals surface area contributed by atoms with Crippen LogP contribution in [-0.2, 0) is 4.74 Å². The zero-order valence-corrected chi connectivity index (χ0v) is 12.3. The van der Waals surface area contributed by atoms with Gasteiger partial charge in [-0.1, -0.05) is 23.2 Å². The molecule has 0 unspecified atom stereocenters. The van der Waals surface area contributed by atoms with Gasteiger partial charge in [-0.15, -0.1) is 0 Å². The fraction of sp³-hybridized carbons (Fsp3) is 0.417. The van der Waals surface area contributed by atoms with Gasteiger partial charge in [0.05, 0.1) is 22.2 Å². The van der Waals surface area contributed by atoms with Crippen LogP contribution in [0.4, 0.5) is 5.82 Å². The third-order valence-electron chi connectivity index (χ3n) is 3.41. The number of anilines is 1. The van der Waals surface area contributed by atoms with Gasteiger partial charge in [0.25, 0.3) is 0 Å². The van der Waals surface area contributed by atoms with Crippen molar-refractivity contribution >= 4 is 29.0 Å². The Balaban J connectivity index is 1.96. The van der Waals surface area contributed by atoms with Gasteiger partial charge in [-0.25, -0.2) is 9.97 Å². The van der Waals surface area contributed by atoms with Crippen LogP contribution in [0, 0.1) is 0 Å². The molecule has 8 heteroatoms. The second-order valence-corrected chi connectivity index (χ2v) is 5.43. The maximum atomic E-state index is 6.25. The minimum Gasteiger partial charge on any atom is -0.380 e. The third kappa shape index (κ3) is 2.46. The molecule has 0 amide bonds. The van der Waals surface area contributed by atoms with Crippen LogP contribution in [0.15, 0.2) is 18.6 Å². The van der Waals surface area contributed by atoms with Crippen LogP contribution in [0.2, 0.25) is 10.0 Å². The van der Waals surface area contributed by atoms with Crippen molar-refractivity contribution in [3.8, 4) is 0 Å². The molecule has 1 saturated heterocycles. The third-order valence-corrected chi connectivity index (χ3v) is 3.89. The summed E-state index contributed by atoms with van der Waals surface area (Å²) in [6.45, 7) is 0.691. The smallest absolute Gasteiger partial charge is 0.148 e. The summed E-state index contributed by atoms with van der Waals surface area (Å²) in [5.41, 5.74) is 0. The predicted octanol–water partition coefficient (Wildman–Crippen LogP) is 2.47. The summed E-state index contributed by atoms with van der Waals surface area (Å²) in [5.74, 6) is 1.45. The number of H-pyrrole nitrogens is 1. The Hall–Kier alpha value is -1.37. The van der Waals surface area contributed by atoms with Gasteiger partial charge >= 0.3 is 0 Å². The van der Waals surface area contributed by atoms with Gasteiger partial charge in [0, 0.05) is 26.3 Å². The molecule has 2 atom stereocenters. The summed E-state index contributed by atoms with van der Waals surface area (Å²) in [6.07, 6.45) is 3.97. The van der Waals surface area contributed by atoms with Crippen molar-refractivity contribution in [2.24, 2.45) is 0 Å². The lowest BCUT2D eigenvalue weighted by atomic mass is 10.2. The molecule has 1 N–H and O–H groups in total. The molecular weight excluding hydrogens is 301 g/mol. The summed E-state index contributed by atoms with van der Waals surface area (Å²) in [7, 11) is 1.70. The highest BCUT2D eigenvalue weighted by atomic mass is 35.5. The molecule has 0 radical (unpaired) electrons. The molecule has 0 saturated carbocycles. The number of rotatable bonds is 3. The Bertz CT molecular complexity index is 592. The molecule has 1 aliphatic rings. The number of ether oxygens (including phenoxy) is 1. The van der Waals surface area contributed by atoms with E-state index in [1.165, 1.54) is 6.33 Å². The molecule has 1 aliphatic heterocycles. The van der Waals surface area contributed by atoms with E-state index in [9.17, 15) is 0 Å². The first-order chi connectivity index (χ1) is 9.69. The number of halogens is 2. The normalized spacial score (nSPS) is 22.4. The topological polar surface area (TPSA) is 66.9 Å². The molecular formula is C12H13Cl2N5O. The number of aromatic amines is 1. The quantitative estimate of drug-likeness (QED) is 0.943. The van der Waals surface area contributed by atoms with Crippen molar-refractivity contribution in [3.63, 3.8) is 0 Å². The number of methoxy groups -OCH3 is 1. The molecule has 3 rings (SSSR count). The van der Waals surface area contributed by atoms with E-state index in [-0.39, 0.29) is 12.1 Å². The number of hydrogen-bond acceptors (Lipinski definition) is 5. The van der Waals surface area contributed by atoms with E-state index in [1.807, 2.05) is 0 Å². The lowest BCUT2D eigenvalue weighted by molar-refractivity contribution is 0.118. The summed E-state index contributed by atoms with van der Waals surface area (Å²) < 4.78 is 5.45. The van der Waals surface area contributed by atoms with E-state index in [2.05, 4.69) is 25.1 Å². The van der Waals surface area contributed by atoms with Crippen molar-refractivity contribution in [2.75, 3.05) is 18.6 Å². The van der Waals surface area contributed by atoms with Gasteiger partial charge in [0.15, 0.2) is 0 Å². The Labute approximate surface area is 126 Å². The van der Waals surface area contributed by atoms with E-state index in [4.69, 9.17) is 27.9 Å². The van der Waals surface area contributed by atoms with Gasteiger partial charge in [-0.2, -0.15) is 5.10 Å². The van der Waals surface area contributed by atoms with Gasteiger partial charge in [-0.3, -0.25) is 5.10 Å². The Kier molecular flexibility index (Phi) is 3.78. The van der Waals surface area contributed by atoms with Crippen molar-refractivity contribution in [3.05, 3.63) is 34.5 Å². The molecule has 0 aliphatic carbocycles. The van der Waals surface area contributed by atoms with E-state index in [0.717, 1.165) is 12.2 Å². The van der Waals surface area contributed by atoms with Crippen molar-refractivity contribution in [2.45, 2.75) is 18.6 Å². The van der Waals surface area contributed by atoms with E-state index in [1.54, 1.807) is 19.4 Å². The van der Waals surface area contributed by atoms with Crippen LogP contribution in [-0.4, -0.2) is 39.9 Å². The molecule has 1 fully saturated rings. The number of aromatic nitrogens is 4. The summed E-state index contributed by atoms with van der Waals surface area (Å²) in [4.78, 5) is 10.6. The maximum absolute atomic E-state index is 6.25. The van der Waals surface area contributed by atoms with Crippen LogP contribution in [0.1, 0.15) is 18.3 Å². The highest BCUT2D eigenvalue weighted by molar-refractivity contribution is 6.36. The van der Waals surface area contributed by atoms with Crippen molar-refractivity contribution < 1.29 is 4.74 Å². The number of nitrogens with one attached hydrogen (secondary N) is 1. The summed E-state index contributed by atoms with van der Waals surface area (Å²) in [6, 6.07) is 1.69. The molecule has 106 valence electrons. The molecule has 0 aromatic carbocycles. The molecule has 20 heavy (non-hydrogen) atoms. The predicted molar refractivity (Wildman–Crippen MR) is 76.1 cm³/mol. The average Bonchev–Trinajstić information content (AvgIpc) is 3.07. The van der Waals surface area contributed by atoms with Crippen LogP contribution in [0.5, 0.6) is 0 Å². The molecule has 2 aromatic heterocycles. The van der Waals surface area contributed by atoms with Crippen molar-refractivity contribution in [1.82, 2.24) is 20.2 Å². The SMILES string of the molecule is CO[C@@H]1C[C@@H](c2ncn[nH]2)N(c2ncc(Cl)cc2Cl)C1. The standard InChI is InChI=1S/C12H13Cl2N5O/c1-20-8-3-10(11-16-6-17-18-11)19(5-8)12-9(14)2-7(13)4-15-12/h2,4,6,8,10H,3,5H2,1H3,(H,16,17,18)/t8-,10+/m1/s1. The van der Waals surface area contributed by atoms with Gasteiger partial charge < -0.3 is 9.64 Å². The Morgan fingerprint density at radius 3 is 2.90 bits per heavy atom. The fourth-order valence-corrected chi connectivity index (χ4v) is 2.94. The zero-order valence-electron chi connectivity index (χ0n) is 10.8. The van der Waals surface area contributed by atoms with Crippen LogP contribution in [0.3, 0.4) is 0 Å². The van der Waals surface area contributed by atoms with Crippen molar-refractivity contribution in [1.29, 1.82) is 0 Å². The van der Waals surface area contributed by atoms with E-state index < -0.39 is 0 Å². The maximum Gasteiger partial charge on any atom is 0.148 e. The largest absolute Gasteiger partial charge is 0.380 e. The highest BCUT2D eigenvalue weighted by Crippen LogP contribution is 2.38. The monoisotopic (exact) mass is 313 g/mol. The minimum absolute atomic E-state index is 0.00799. The zero-order chi connectivity index (χ0) is 14.1. The summed E-state index contributed by atoms with van der Waals surface area (Å²) in [5, 5.41) is 7.83. The molecule has 0 spiro atoms.